The molecule has 0 aliphatic heterocycles. The summed E-state index contributed by atoms with van der Waals surface area (Å²) >= 11 is 0. The molecule has 0 bridgehead atoms. The van der Waals surface area contributed by atoms with Crippen LogP contribution in [0, 0.1) is 24.0 Å². The molecule has 1 heterocycles. The average Bonchev–Trinajstić information content (AvgIpc) is 2.60. The molecular weight excluding hydrogens is 222 g/mol. The Labute approximate surface area is 97.0 Å². The van der Waals surface area contributed by atoms with Crippen LogP contribution < -0.4 is 5.73 Å². The number of aryl methyl sites for hydroxylation is 1. The summed E-state index contributed by atoms with van der Waals surface area (Å²) in [6.07, 6.45) is 0. The number of nitrogens with zero attached hydrogens (tertiary/aromatic N) is 4. The van der Waals surface area contributed by atoms with Crippen molar-refractivity contribution in [3.8, 4) is 5.69 Å². The van der Waals surface area contributed by atoms with E-state index < -0.39 is 4.92 Å². The van der Waals surface area contributed by atoms with E-state index in [1.54, 1.807) is 26.0 Å². The number of anilines is 1. The summed E-state index contributed by atoms with van der Waals surface area (Å²) in [4.78, 5) is 10.4. The second kappa shape index (κ2) is 3.85. The Hall–Kier alpha value is -2.44. The highest BCUT2D eigenvalue weighted by Gasteiger charge is 2.14. The van der Waals surface area contributed by atoms with Crippen molar-refractivity contribution >= 4 is 11.5 Å². The topological polar surface area (TPSA) is 99.9 Å². The van der Waals surface area contributed by atoms with Crippen molar-refractivity contribution in [1.82, 2.24) is 15.0 Å². The van der Waals surface area contributed by atoms with Crippen molar-refractivity contribution in [3.63, 3.8) is 0 Å². The molecule has 7 heteroatoms. The maximum absolute atomic E-state index is 10.8. The maximum Gasteiger partial charge on any atom is 0.274 e. The molecule has 1 aromatic heterocycles. The molecule has 2 aromatic rings. The number of aromatic nitrogens is 3. The molecule has 1 aromatic carbocycles. The average molecular weight is 233 g/mol. The van der Waals surface area contributed by atoms with E-state index in [1.807, 2.05) is 0 Å². The van der Waals surface area contributed by atoms with Gasteiger partial charge in [-0.25, -0.2) is 4.68 Å². The Bertz CT molecular complexity index is 590. The minimum atomic E-state index is -0.422. The third kappa shape index (κ3) is 1.82. The summed E-state index contributed by atoms with van der Waals surface area (Å²) in [6.45, 7) is 3.44. The Morgan fingerprint density at radius 2 is 2.12 bits per heavy atom. The molecular formula is C10H11N5O2. The second-order valence-electron chi connectivity index (χ2n) is 3.70. The van der Waals surface area contributed by atoms with E-state index in [4.69, 9.17) is 5.73 Å². The minimum Gasteiger partial charge on any atom is -0.381 e. The smallest absolute Gasteiger partial charge is 0.274 e. The fourth-order valence-corrected chi connectivity index (χ4v) is 1.51. The summed E-state index contributed by atoms with van der Waals surface area (Å²) < 4.78 is 1.47. The van der Waals surface area contributed by atoms with Crippen molar-refractivity contribution in [2.45, 2.75) is 13.8 Å². The van der Waals surface area contributed by atoms with Crippen molar-refractivity contribution < 1.29 is 4.92 Å². The van der Waals surface area contributed by atoms with E-state index in [0.29, 0.717) is 22.8 Å². The summed E-state index contributed by atoms with van der Waals surface area (Å²) in [5, 5.41) is 18.4. The molecule has 0 unspecified atom stereocenters. The summed E-state index contributed by atoms with van der Waals surface area (Å²) in [6, 6.07) is 4.87. The molecule has 2 N–H and O–H groups in total. The fourth-order valence-electron chi connectivity index (χ4n) is 1.51. The highest BCUT2D eigenvalue weighted by Crippen LogP contribution is 2.22. The first kappa shape index (κ1) is 11.1. The van der Waals surface area contributed by atoms with Crippen molar-refractivity contribution in [2.24, 2.45) is 0 Å². The lowest BCUT2D eigenvalue weighted by atomic mass is 10.2. The quantitative estimate of drug-likeness (QED) is 0.623. The molecule has 0 saturated heterocycles. The lowest BCUT2D eigenvalue weighted by Gasteiger charge is -2.04. The van der Waals surface area contributed by atoms with Gasteiger partial charge in [0.2, 0.25) is 0 Å². The monoisotopic (exact) mass is 233 g/mol. The predicted octanol–water partition coefficient (Wildman–Crippen LogP) is 1.37. The van der Waals surface area contributed by atoms with Crippen molar-refractivity contribution in [1.29, 1.82) is 0 Å². The van der Waals surface area contributed by atoms with Gasteiger partial charge in [-0.15, -0.1) is 5.10 Å². The van der Waals surface area contributed by atoms with E-state index >= 15 is 0 Å². The zero-order valence-corrected chi connectivity index (χ0v) is 9.41. The highest BCUT2D eigenvalue weighted by atomic mass is 16.6. The molecule has 88 valence electrons. The first-order valence-electron chi connectivity index (χ1n) is 4.94. The van der Waals surface area contributed by atoms with Gasteiger partial charge in [0.05, 0.1) is 16.3 Å². The zero-order valence-electron chi connectivity index (χ0n) is 9.41. The predicted molar refractivity (Wildman–Crippen MR) is 61.9 cm³/mol. The maximum atomic E-state index is 10.8. The van der Waals surface area contributed by atoms with E-state index in [1.165, 1.54) is 10.7 Å². The first-order chi connectivity index (χ1) is 8.00. The number of nitro groups is 1. The molecule has 0 atom stereocenters. The molecule has 0 fully saturated rings. The van der Waals surface area contributed by atoms with E-state index in [-0.39, 0.29) is 5.69 Å². The summed E-state index contributed by atoms with van der Waals surface area (Å²) in [5.41, 5.74) is 7.46. The number of nitrogen functional groups attached to an aromatic ring is 1. The van der Waals surface area contributed by atoms with Gasteiger partial charge >= 0.3 is 0 Å². The molecule has 0 spiro atoms. The van der Waals surface area contributed by atoms with Crippen LogP contribution in [-0.4, -0.2) is 19.9 Å². The van der Waals surface area contributed by atoms with Gasteiger partial charge in [0.25, 0.3) is 5.69 Å². The molecule has 17 heavy (non-hydrogen) atoms. The minimum absolute atomic E-state index is 0.0518. The van der Waals surface area contributed by atoms with Crippen LogP contribution in [0.1, 0.15) is 11.3 Å². The van der Waals surface area contributed by atoms with Crippen LogP contribution in [0.5, 0.6) is 0 Å². The van der Waals surface area contributed by atoms with Crippen LogP contribution in [0.4, 0.5) is 11.5 Å². The lowest BCUT2D eigenvalue weighted by molar-refractivity contribution is -0.385. The molecule has 0 amide bonds. The van der Waals surface area contributed by atoms with E-state index in [0.717, 1.165) is 0 Å². The van der Waals surface area contributed by atoms with Gasteiger partial charge in [-0.3, -0.25) is 10.1 Å². The zero-order chi connectivity index (χ0) is 12.6. The summed E-state index contributed by atoms with van der Waals surface area (Å²) in [7, 11) is 0. The SMILES string of the molecule is Cc1ccc(-n2nnc(N)c2C)cc1[N+](=O)[O-]. The number of nitro benzene ring substituents is 1. The van der Waals surface area contributed by atoms with Gasteiger partial charge in [-0.1, -0.05) is 11.3 Å². The second-order valence-corrected chi connectivity index (χ2v) is 3.70. The molecule has 0 aliphatic carbocycles. The van der Waals surface area contributed by atoms with Crippen molar-refractivity contribution in [2.75, 3.05) is 5.73 Å². The van der Waals surface area contributed by atoms with Crippen molar-refractivity contribution in [3.05, 3.63) is 39.6 Å². The Kier molecular flexibility index (Phi) is 2.51. The third-order valence-corrected chi connectivity index (χ3v) is 2.56. The molecule has 0 radical (unpaired) electrons. The largest absolute Gasteiger partial charge is 0.381 e. The van der Waals surface area contributed by atoms with Crippen LogP contribution in [0.2, 0.25) is 0 Å². The van der Waals surface area contributed by atoms with Gasteiger partial charge in [0.15, 0.2) is 5.82 Å². The van der Waals surface area contributed by atoms with Crippen LogP contribution in [0.25, 0.3) is 5.69 Å². The van der Waals surface area contributed by atoms with Crippen LogP contribution in [0.3, 0.4) is 0 Å². The lowest BCUT2D eigenvalue weighted by Crippen LogP contribution is -2.01. The Morgan fingerprint density at radius 1 is 1.41 bits per heavy atom. The molecule has 7 nitrogen and oxygen atoms in total. The third-order valence-electron chi connectivity index (χ3n) is 2.56. The standard InChI is InChI=1S/C10H11N5O2/c1-6-3-4-8(5-9(6)15(16)17)14-7(2)10(11)12-13-14/h3-5H,11H2,1-2H3. The normalized spacial score (nSPS) is 10.5. The van der Waals surface area contributed by atoms with Crippen LogP contribution in [0.15, 0.2) is 18.2 Å². The van der Waals surface area contributed by atoms with Gasteiger partial charge in [-0.05, 0) is 19.9 Å². The number of nitrogens with two attached hydrogens (primary N) is 1. The van der Waals surface area contributed by atoms with Crippen LogP contribution >= 0.6 is 0 Å². The van der Waals surface area contributed by atoms with Gasteiger partial charge in [0, 0.05) is 11.6 Å². The molecule has 0 aliphatic rings. The number of benzene rings is 1. The highest BCUT2D eigenvalue weighted by molar-refractivity contribution is 5.50. The number of rotatable bonds is 2. The van der Waals surface area contributed by atoms with E-state index in [9.17, 15) is 10.1 Å². The number of hydrogen-bond acceptors (Lipinski definition) is 5. The first-order valence-corrected chi connectivity index (χ1v) is 4.94. The van der Waals surface area contributed by atoms with E-state index in [2.05, 4.69) is 10.3 Å². The Balaban J connectivity index is 2.58. The van der Waals surface area contributed by atoms with Gasteiger partial charge in [-0.2, -0.15) is 0 Å². The summed E-state index contributed by atoms with van der Waals surface area (Å²) in [5.74, 6) is 0.313. The fraction of sp³-hybridized carbons (Fsp3) is 0.200. The van der Waals surface area contributed by atoms with Crippen LogP contribution in [-0.2, 0) is 0 Å². The van der Waals surface area contributed by atoms with Gasteiger partial charge < -0.3 is 5.73 Å². The number of hydrogen-bond donors (Lipinski definition) is 1. The van der Waals surface area contributed by atoms with Gasteiger partial charge in [0.1, 0.15) is 0 Å². The molecule has 2 rings (SSSR count). The Morgan fingerprint density at radius 3 is 2.65 bits per heavy atom. The molecule has 0 saturated carbocycles.